The summed E-state index contributed by atoms with van der Waals surface area (Å²) in [5.41, 5.74) is 0. The molecule has 1 heterocycles. The zero-order valence-electron chi connectivity index (χ0n) is 11.9. The maximum Gasteiger partial charge on any atom is 0.0584 e. The molecule has 2 atom stereocenters. The van der Waals surface area contributed by atoms with E-state index in [1.54, 1.807) is 0 Å². The van der Waals surface area contributed by atoms with E-state index in [1.165, 1.54) is 15.0 Å². The number of hydrogen-bond donors (Lipinski definition) is 2. The van der Waals surface area contributed by atoms with E-state index >= 15 is 0 Å². The van der Waals surface area contributed by atoms with Crippen LogP contribution in [0, 0.1) is 5.92 Å². The topological polar surface area (TPSA) is 32.3 Å². The van der Waals surface area contributed by atoms with Gasteiger partial charge in [0, 0.05) is 21.7 Å². The van der Waals surface area contributed by atoms with Gasteiger partial charge in [-0.25, -0.2) is 0 Å². The number of fused-ring (bicyclic) bond motifs is 1. The molecule has 0 aliphatic carbocycles. The third-order valence-corrected chi connectivity index (χ3v) is 4.63. The first-order valence-electron chi connectivity index (χ1n) is 6.95. The van der Waals surface area contributed by atoms with Crippen molar-refractivity contribution in [3.63, 3.8) is 0 Å². The second-order valence-corrected chi connectivity index (χ2v) is 6.70. The van der Waals surface area contributed by atoms with Crippen LogP contribution in [0.2, 0.25) is 0 Å². The maximum absolute atomic E-state index is 9.45. The Balaban J connectivity index is 2.08. The Morgan fingerprint density at radius 3 is 2.58 bits per heavy atom. The van der Waals surface area contributed by atoms with E-state index in [0.717, 1.165) is 6.42 Å². The molecule has 0 amide bonds. The molecule has 2 N–H and O–H groups in total. The fraction of sp³-hybridized carbons (Fsp3) is 0.500. The van der Waals surface area contributed by atoms with Crippen molar-refractivity contribution in [2.24, 2.45) is 5.92 Å². The Kier molecular flexibility index (Phi) is 4.97. The highest BCUT2D eigenvalue weighted by Crippen LogP contribution is 2.30. The molecule has 0 spiro atoms. The lowest BCUT2D eigenvalue weighted by molar-refractivity contribution is 0.216. The van der Waals surface area contributed by atoms with Gasteiger partial charge in [-0.15, -0.1) is 11.3 Å². The molecule has 0 fully saturated rings. The molecule has 19 heavy (non-hydrogen) atoms. The molecule has 0 aliphatic heterocycles. The largest absolute Gasteiger partial charge is 0.395 e. The highest BCUT2D eigenvalue weighted by Gasteiger charge is 2.15. The SMILES string of the molecule is CC(C)CC(CO)NC(C)c1cc2ccccc2s1. The van der Waals surface area contributed by atoms with Crippen molar-refractivity contribution < 1.29 is 5.11 Å². The second kappa shape index (κ2) is 6.51. The van der Waals surface area contributed by atoms with E-state index in [-0.39, 0.29) is 18.7 Å². The highest BCUT2D eigenvalue weighted by atomic mass is 32.1. The fourth-order valence-corrected chi connectivity index (χ4v) is 3.49. The zero-order valence-corrected chi connectivity index (χ0v) is 12.7. The van der Waals surface area contributed by atoms with Crippen LogP contribution in [0.3, 0.4) is 0 Å². The zero-order chi connectivity index (χ0) is 13.8. The third kappa shape index (κ3) is 3.78. The lowest BCUT2D eigenvalue weighted by atomic mass is 10.0. The van der Waals surface area contributed by atoms with Gasteiger partial charge in [0.2, 0.25) is 0 Å². The highest BCUT2D eigenvalue weighted by molar-refractivity contribution is 7.19. The molecular weight excluding hydrogens is 254 g/mol. The molecule has 2 unspecified atom stereocenters. The van der Waals surface area contributed by atoms with Crippen LogP contribution in [0.5, 0.6) is 0 Å². The van der Waals surface area contributed by atoms with Crippen molar-refractivity contribution in [2.75, 3.05) is 6.61 Å². The quantitative estimate of drug-likeness (QED) is 0.837. The van der Waals surface area contributed by atoms with E-state index < -0.39 is 0 Å². The van der Waals surface area contributed by atoms with Gasteiger partial charge in [0.05, 0.1) is 6.61 Å². The van der Waals surface area contributed by atoms with Crippen molar-refractivity contribution in [3.05, 3.63) is 35.2 Å². The Labute approximate surface area is 119 Å². The summed E-state index contributed by atoms with van der Waals surface area (Å²) in [7, 11) is 0. The van der Waals surface area contributed by atoms with Crippen LogP contribution in [-0.4, -0.2) is 17.8 Å². The molecule has 1 aromatic carbocycles. The van der Waals surface area contributed by atoms with Crippen molar-refractivity contribution in [1.82, 2.24) is 5.32 Å². The van der Waals surface area contributed by atoms with Crippen LogP contribution in [-0.2, 0) is 0 Å². The minimum absolute atomic E-state index is 0.181. The number of aliphatic hydroxyl groups excluding tert-OH is 1. The smallest absolute Gasteiger partial charge is 0.0584 e. The van der Waals surface area contributed by atoms with E-state index in [2.05, 4.69) is 56.4 Å². The Hall–Kier alpha value is -0.900. The number of benzene rings is 1. The predicted molar refractivity (Wildman–Crippen MR) is 83.7 cm³/mol. The van der Waals surface area contributed by atoms with Gasteiger partial charge in [0.1, 0.15) is 0 Å². The van der Waals surface area contributed by atoms with Gasteiger partial charge in [0.15, 0.2) is 0 Å². The van der Waals surface area contributed by atoms with E-state index in [4.69, 9.17) is 0 Å². The molecule has 0 aliphatic rings. The summed E-state index contributed by atoms with van der Waals surface area (Å²) < 4.78 is 1.33. The summed E-state index contributed by atoms with van der Waals surface area (Å²) in [6, 6.07) is 11.2. The van der Waals surface area contributed by atoms with Gasteiger partial charge in [-0.1, -0.05) is 32.0 Å². The summed E-state index contributed by atoms with van der Waals surface area (Å²) in [5.74, 6) is 0.597. The monoisotopic (exact) mass is 277 g/mol. The van der Waals surface area contributed by atoms with Gasteiger partial charge in [0.25, 0.3) is 0 Å². The number of nitrogens with one attached hydrogen (secondary N) is 1. The summed E-state index contributed by atoms with van der Waals surface area (Å²) in [6.07, 6.45) is 1.01. The summed E-state index contributed by atoms with van der Waals surface area (Å²) in [4.78, 5) is 1.34. The Morgan fingerprint density at radius 1 is 1.21 bits per heavy atom. The van der Waals surface area contributed by atoms with E-state index in [1.807, 2.05) is 11.3 Å². The predicted octanol–water partition coefficient (Wildman–Crippen LogP) is 3.96. The molecule has 0 saturated carbocycles. The summed E-state index contributed by atoms with van der Waals surface area (Å²) >= 11 is 1.83. The number of aliphatic hydroxyl groups is 1. The van der Waals surface area contributed by atoms with Gasteiger partial charge in [-0.05, 0) is 36.8 Å². The first-order chi connectivity index (χ1) is 9.10. The number of hydrogen-bond acceptors (Lipinski definition) is 3. The van der Waals surface area contributed by atoms with Crippen molar-refractivity contribution in [3.8, 4) is 0 Å². The number of thiophene rings is 1. The van der Waals surface area contributed by atoms with Crippen molar-refractivity contribution in [1.29, 1.82) is 0 Å². The minimum Gasteiger partial charge on any atom is -0.395 e. The lowest BCUT2D eigenvalue weighted by Crippen LogP contribution is -2.35. The van der Waals surface area contributed by atoms with Crippen LogP contribution < -0.4 is 5.32 Å². The fourth-order valence-electron chi connectivity index (χ4n) is 2.42. The molecule has 2 rings (SSSR count). The molecule has 3 heteroatoms. The molecule has 2 aromatic rings. The van der Waals surface area contributed by atoms with E-state index in [0.29, 0.717) is 5.92 Å². The van der Waals surface area contributed by atoms with Crippen LogP contribution in [0.4, 0.5) is 0 Å². The molecule has 0 bridgehead atoms. The maximum atomic E-state index is 9.45. The van der Waals surface area contributed by atoms with Gasteiger partial charge in [-0.2, -0.15) is 0 Å². The van der Waals surface area contributed by atoms with E-state index in [9.17, 15) is 5.11 Å². The number of rotatable bonds is 6. The van der Waals surface area contributed by atoms with Crippen LogP contribution >= 0.6 is 11.3 Å². The van der Waals surface area contributed by atoms with Gasteiger partial charge < -0.3 is 10.4 Å². The molecular formula is C16H23NOS. The Morgan fingerprint density at radius 2 is 1.95 bits per heavy atom. The summed E-state index contributed by atoms with van der Waals surface area (Å²) in [6.45, 7) is 6.75. The first-order valence-corrected chi connectivity index (χ1v) is 7.77. The van der Waals surface area contributed by atoms with Crippen molar-refractivity contribution >= 4 is 21.4 Å². The van der Waals surface area contributed by atoms with Crippen molar-refractivity contribution in [2.45, 2.75) is 39.3 Å². The summed E-state index contributed by atoms with van der Waals surface area (Å²) in [5, 5.41) is 14.3. The average molecular weight is 277 g/mol. The molecule has 2 nitrogen and oxygen atoms in total. The van der Waals surface area contributed by atoms with Crippen LogP contribution in [0.25, 0.3) is 10.1 Å². The van der Waals surface area contributed by atoms with Crippen LogP contribution in [0.15, 0.2) is 30.3 Å². The lowest BCUT2D eigenvalue weighted by Gasteiger charge is -2.22. The molecule has 1 aromatic heterocycles. The van der Waals surface area contributed by atoms with Crippen LogP contribution in [0.1, 0.15) is 38.1 Å². The molecule has 0 saturated heterocycles. The first kappa shape index (κ1) is 14.5. The van der Waals surface area contributed by atoms with Gasteiger partial charge in [-0.3, -0.25) is 0 Å². The van der Waals surface area contributed by atoms with Gasteiger partial charge >= 0.3 is 0 Å². The molecule has 0 radical (unpaired) electrons. The normalized spacial score (nSPS) is 15.0. The minimum atomic E-state index is 0.181. The average Bonchev–Trinajstić information content (AvgIpc) is 2.81. The third-order valence-electron chi connectivity index (χ3n) is 3.33. The Bertz CT molecular complexity index is 487. The standard InChI is InChI=1S/C16H23NOS/c1-11(2)8-14(10-18)17-12(3)16-9-13-6-4-5-7-15(13)19-16/h4-7,9,11-12,14,17-18H,8,10H2,1-3H3. The second-order valence-electron chi connectivity index (χ2n) is 5.58. The molecule has 104 valence electrons.